The van der Waals surface area contributed by atoms with E-state index >= 15 is 0 Å². The molecule has 0 atom stereocenters. The quantitative estimate of drug-likeness (QED) is 0.211. The first-order valence-corrected chi connectivity index (χ1v) is 2.87. The van der Waals surface area contributed by atoms with E-state index in [4.69, 9.17) is 11.5 Å². The maximum atomic E-state index is 5.46. The molecule has 0 saturated heterocycles. The number of hydrogen-bond donors (Lipinski definition) is 3. The van der Waals surface area contributed by atoms with Crippen LogP contribution in [0.1, 0.15) is 0 Å². The second-order valence-electron chi connectivity index (χ2n) is 2.01. The van der Waals surface area contributed by atoms with Gasteiger partial charge >= 0.3 is 5.96 Å². The molecule has 0 aromatic carbocycles. The van der Waals surface area contributed by atoms with Crippen LogP contribution >= 0.6 is 0 Å². The summed E-state index contributed by atoms with van der Waals surface area (Å²) in [6.45, 7) is 0. The molecule has 0 aliphatic carbocycles. The average Bonchev–Trinajstić information content (AvgIpc) is 1.87. The Morgan fingerprint density at radius 2 is 1.90 bits per heavy atom. The third-order valence-electron chi connectivity index (χ3n) is 0.979. The van der Waals surface area contributed by atoms with Gasteiger partial charge in [0.15, 0.2) is 0 Å². The standard InChI is InChI=1S/C5H13N5/c1-8-4(6)9-5(7)10(2)3/h1-3H3,(H4,6,7,8,9)/p+1. The molecule has 0 aromatic rings. The van der Waals surface area contributed by atoms with E-state index in [9.17, 15) is 0 Å². The zero-order valence-corrected chi connectivity index (χ0v) is 6.55. The fraction of sp³-hybridized carbons (Fsp3) is 0.600. The topological polar surface area (TPSA) is 79.4 Å². The van der Waals surface area contributed by atoms with Gasteiger partial charge in [-0.25, -0.2) is 10.3 Å². The molecule has 0 aliphatic heterocycles. The van der Waals surface area contributed by atoms with Gasteiger partial charge < -0.3 is 5.73 Å². The second kappa shape index (κ2) is 3.71. The Morgan fingerprint density at radius 1 is 1.40 bits per heavy atom. The minimum atomic E-state index is 0.311. The number of nitrogens with zero attached hydrogens (tertiary/aromatic N) is 2. The number of nitrogens with two attached hydrogens (primary N) is 2. The highest BCUT2D eigenvalue weighted by atomic mass is 15.2. The first kappa shape index (κ1) is 8.74. The van der Waals surface area contributed by atoms with Crippen LogP contribution in [0.4, 0.5) is 0 Å². The van der Waals surface area contributed by atoms with E-state index in [2.05, 4.69) is 10.3 Å². The molecule has 0 aliphatic rings. The van der Waals surface area contributed by atoms with Gasteiger partial charge in [0, 0.05) is 7.05 Å². The summed E-state index contributed by atoms with van der Waals surface area (Å²) < 4.78 is 1.71. The number of guanidine groups is 2. The van der Waals surface area contributed by atoms with Gasteiger partial charge in [-0.3, -0.25) is 10.3 Å². The summed E-state index contributed by atoms with van der Waals surface area (Å²) in [5.74, 6) is 0.786. The van der Waals surface area contributed by atoms with Crippen LogP contribution in [-0.4, -0.2) is 37.6 Å². The molecular formula is C5H14N5+. The number of hydrogen-bond acceptors (Lipinski definition) is 1. The highest BCUT2D eigenvalue weighted by Gasteiger charge is 2.00. The van der Waals surface area contributed by atoms with Crippen molar-refractivity contribution in [1.82, 2.24) is 5.32 Å². The van der Waals surface area contributed by atoms with Crippen LogP contribution in [-0.2, 0) is 0 Å². The van der Waals surface area contributed by atoms with Crippen molar-refractivity contribution in [3.05, 3.63) is 0 Å². The van der Waals surface area contributed by atoms with Gasteiger partial charge in [0.1, 0.15) is 0 Å². The summed E-state index contributed by atoms with van der Waals surface area (Å²) >= 11 is 0. The lowest BCUT2D eigenvalue weighted by atomic mass is 10.8. The molecule has 0 unspecified atom stereocenters. The molecule has 0 aromatic heterocycles. The molecule has 0 radical (unpaired) electrons. The molecule has 5 nitrogen and oxygen atoms in total. The van der Waals surface area contributed by atoms with Gasteiger partial charge in [0.2, 0.25) is 0 Å². The van der Waals surface area contributed by atoms with Crippen LogP contribution in [0.15, 0.2) is 4.99 Å². The van der Waals surface area contributed by atoms with Crippen LogP contribution in [0, 0.1) is 0 Å². The molecule has 0 spiro atoms. The van der Waals surface area contributed by atoms with Crippen LogP contribution in [0.2, 0.25) is 0 Å². The minimum Gasteiger partial charge on any atom is -0.357 e. The lowest BCUT2D eigenvalue weighted by molar-refractivity contribution is -0.467. The van der Waals surface area contributed by atoms with Crippen molar-refractivity contribution in [1.29, 1.82) is 0 Å². The van der Waals surface area contributed by atoms with Crippen molar-refractivity contribution < 1.29 is 4.58 Å². The van der Waals surface area contributed by atoms with Crippen molar-refractivity contribution in [3.8, 4) is 0 Å². The Bertz CT molecular complexity index is 165. The number of nitrogens with one attached hydrogen (secondary N) is 1. The Kier molecular flexibility index (Phi) is 3.24. The van der Waals surface area contributed by atoms with Crippen molar-refractivity contribution in [2.24, 2.45) is 16.5 Å². The number of rotatable bonds is 0. The van der Waals surface area contributed by atoms with Gasteiger partial charge in [0.25, 0.3) is 5.96 Å². The highest BCUT2D eigenvalue weighted by Crippen LogP contribution is 1.59. The summed E-state index contributed by atoms with van der Waals surface area (Å²) in [6.07, 6.45) is 0. The van der Waals surface area contributed by atoms with Crippen LogP contribution in [0.5, 0.6) is 0 Å². The molecule has 0 heterocycles. The van der Waals surface area contributed by atoms with E-state index in [1.54, 1.807) is 11.6 Å². The lowest BCUT2D eigenvalue weighted by Crippen LogP contribution is -2.45. The molecule has 0 bridgehead atoms. The summed E-state index contributed by atoms with van der Waals surface area (Å²) in [6, 6.07) is 0. The summed E-state index contributed by atoms with van der Waals surface area (Å²) in [5, 5.41) is 2.68. The Labute approximate surface area is 60.4 Å². The van der Waals surface area contributed by atoms with E-state index < -0.39 is 0 Å². The van der Waals surface area contributed by atoms with Crippen molar-refractivity contribution in [3.63, 3.8) is 0 Å². The van der Waals surface area contributed by atoms with Crippen LogP contribution in [0.3, 0.4) is 0 Å². The van der Waals surface area contributed by atoms with Crippen LogP contribution < -0.4 is 16.8 Å². The summed E-state index contributed by atoms with van der Waals surface area (Å²) in [5.41, 5.74) is 10.8. The molecular weight excluding hydrogens is 130 g/mol. The smallest absolute Gasteiger partial charge is 0.350 e. The zero-order chi connectivity index (χ0) is 8.15. The van der Waals surface area contributed by atoms with E-state index in [1.165, 1.54) is 0 Å². The van der Waals surface area contributed by atoms with Crippen molar-refractivity contribution in [2.45, 2.75) is 0 Å². The van der Waals surface area contributed by atoms with E-state index in [0.29, 0.717) is 11.9 Å². The minimum absolute atomic E-state index is 0.311. The predicted molar refractivity (Wildman–Crippen MR) is 42.0 cm³/mol. The normalized spacial score (nSPS) is 10.9. The maximum absolute atomic E-state index is 5.46. The zero-order valence-electron chi connectivity index (χ0n) is 6.55. The van der Waals surface area contributed by atoms with Gasteiger partial charge in [-0.05, 0) is 0 Å². The van der Waals surface area contributed by atoms with Gasteiger partial charge in [-0.2, -0.15) is 0 Å². The average molecular weight is 144 g/mol. The maximum Gasteiger partial charge on any atom is 0.350 e. The van der Waals surface area contributed by atoms with Crippen LogP contribution in [0.25, 0.3) is 0 Å². The number of aliphatic imine (C=N–C) groups is 1. The molecule has 0 rings (SSSR count). The molecule has 10 heavy (non-hydrogen) atoms. The van der Waals surface area contributed by atoms with E-state index in [-0.39, 0.29) is 0 Å². The molecule has 0 fully saturated rings. The molecule has 0 saturated carbocycles. The third kappa shape index (κ3) is 2.91. The lowest BCUT2D eigenvalue weighted by Gasteiger charge is -1.98. The third-order valence-corrected chi connectivity index (χ3v) is 0.979. The molecule has 0 amide bonds. The van der Waals surface area contributed by atoms with Gasteiger partial charge in [-0.15, -0.1) is 0 Å². The second-order valence-corrected chi connectivity index (χ2v) is 2.01. The Morgan fingerprint density at radius 3 is 2.20 bits per heavy atom. The van der Waals surface area contributed by atoms with Crippen molar-refractivity contribution >= 4 is 11.9 Å². The summed E-state index contributed by atoms with van der Waals surface area (Å²) in [4.78, 5) is 3.67. The SMILES string of the molecule is CN=C(N)NC(N)=[N+](C)C. The molecule has 5 N–H and O–H groups in total. The monoisotopic (exact) mass is 144 g/mol. The molecule has 58 valence electrons. The highest BCUT2D eigenvalue weighted by molar-refractivity contribution is 5.94. The van der Waals surface area contributed by atoms with Gasteiger partial charge in [0.05, 0.1) is 14.1 Å². The Balaban J connectivity index is 4.05. The summed E-state index contributed by atoms with van der Waals surface area (Å²) in [7, 11) is 5.21. The first-order chi connectivity index (χ1) is 4.57. The molecule has 5 heteroatoms. The van der Waals surface area contributed by atoms with E-state index in [0.717, 1.165) is 0 Å². The van der Waals surface area contributed by atoms with Crippen molar-refractivity contribution in [2.75, 3.05) is 21.1 Å². The fourth-order valence-electron chi connectivity index (χ4n) is 0.299. The van der Waals surface area contributed by atoms with E-state index in [1.807, 2.05) is 14.1 Å². The van der Waals surface area contributed by atoms with Gasteiger partial charge in [-0.1, -0.05) is 0 Å². The fourth-order valence-corrected chi connectivity index (χ4v) is 0.299. The predicted octanol–water partition coefficient (Wildman–Crippen LogP) is -1.89. The largest absolute Gasteiger partial charge is 0.357 e. The Hall–Kier alpha value is -1.26. The first-order valence-electron chi connectivity index (χ1n) is 2.87.